The maximum absolute atomic E-state index is 10.1. The summed E-state index contributed by atoms with van der Waals surface area (Å²) in [6.07, 6.45) is 1.52. The summed E-state index contributed by atoms with van der Waals surface area (Å²) < 4.78 is 10.4. The number of nitrogens with zero attached hydrogens (tertiary/aromatic N) is 3. The van der Waals surface area contributed by atoms with Gasteiger partial charge in [0.25, 0.3) is 0 Å². The van der Waals surface area contributed by atoms with Crippen LogP contribution in [0.3, 0.4) is 0 Å². The fraction of sp³-hybridized carbons (Fsp3) is 0.125. The molecule has 3 aromatic carbocycles. The second-order valence-electron chi connectivity index (χ2n) is 6.79. The largest absolute Gasteiger partial charge is 0.507 e. The second kappa shape index (κ2) is 10.0. The van der Waals surface area contributed by atoms with Gasteiger partial charge in [0.05, 0.1) is 37.2 Å². The van der Waals surface area contributed by atoms with Crippen LogP contribution in [0.1, 0.15) is 11.1 Å². The number of hydrogen-bond acceptors (Lipinski definition) is 7. The Labute approximate surface area is 189 Å². The molecule has 0 radical (unpaired) electrons. The first-order valence-corrected chi connectivity index (χ1v) is 10.8. The maximum Gasteiger partial charge on any atom is 0.166 e. The van der Waals surface area contributed by atoms with Crippen molar-refractivity contribution in [1.29, 1.82) is 0 Å². The first-order valence-electron chi connectivity index (χ1n) is 9.85. The predicted molar refractivity (Wildman–Crippen MR) is 129 cm³/mol. The molecule has 162 valence electrons. The summed E-state index contributed by atoms with van der Waals surface area (Å²) in [5, 5.41) is 19.6. The molecule has 0 spiro atoms. The molecule has 0 aliphatic rings. The van der Waals surface area contributed by atoms with Crippen molar-refractivity contribution < 1.29 is 14.6 Å². The average molecular weight is 447 g/mol. The second-order valence-corrected chi connectivity index (χ2v) is 7.76. The Morgan fingerprint density at radius 2 is 1.78 bits per heavy atom. The van der Waals surface area contributed by atoms with Gasteiger partial charge >= 0.3 is 0 Å². The highest BCUT2D eigenvalue weighted by atomic mass is 32.2. The molecule has 0 aliphatic heterocycles. The van der Waals surface area contributed by atoms with E-state index in [0.29, 0.717) is 17.1 Å². The summed E-state index contributed by atoms with van der Waals surface area (Å²) in [6, 6.07) is 20.6. The molecule has 0 unspecified atom stereocenters. The van der Waals surface area contributed by atoms with E-state index in [2.05, 4.69) is 20.2 Å². The lowest BCUT2D eigenvalue weighted by molar-refractivity contribution is 0.407. The van der Waals surface area contributed by atoms with Crippen LogP contribution in [-0.2, 0) is 0 Å². The van der Waals surface area contributed by atoms with Gasteiger partial charge < -0.3 is 19.6 Å². The highest BCUT2D eigenvalue weighted by molar-refractivity contribution is 7.99. The third-order valence-electron chi connectivity index (χ3n) is 4.75. The Morgan fingerprint density at radius 3 is 2.50 bits per heavy atom. The Kier molecular flexibility index (Phi) is 6.72. The number of imidazole rings is 1. The van der Waals surface area contributed by atoms with Crippen molar-refractivity contribution in [1.82, 2.24) is 9.97 Å². The van der Waals surface area contributed by atoms with Crippen molar-refractivity contribution in [2.45, 2.75) is 5.16 Å². The van der Waals surface area contributed by atoms with E-state index in [9.17, 15) is 5.11 Å². The molecule has 0 saturated heterocycles. The van der Waals surface area contributed by atoms with Gasteiger partial charge in [-0.3, -0.25) is 0 Å². The molecule has 0 saturated carbocycles. The van der Waals surface area contributed by atoms with Gasteiger partial charge in [0.1, 0.15) is 17.2 Å². The Hall–Kier alpha value is -3.78. The summed E-state index contributed by atoms with van der Waals surface area (Å²) in [6.45, 7) is 0. The molecule has 1 aromatic heterocycles. The molecule has 0 atom stereocenters. The number of methoxy groups -OCH3 is 2. The monoisotopic (exact) mass is 446 g/mol. The third kappa shape index (κ3) is 5.09. The molecular weight excluding hydrogens is 424 g/mol. The van der Waals surface area contributed by atoms with E-state index in [1.165, 1.54) is 12.3 Å². The smallest absolute Gasteiger partial charge is 0.166 e. The van der Waals surface area contributed by atoms with Gasteiger partial charge in [-0.15, -0.1) is 0 Å². The molecule has 0 bridgehead atoms. The molecule has 4 rings (SSSR count). The van der Waals surface area contributed by atoms with E-state index in [-0.39, 0.29) is 5.75 Å². The molecular formula is C24H22N4O3S. The third-order valence-corrected chi connectivity index (χ3v) is 5.63. The zero-order chi connectivity index (χ0) is 22.3. The lowest BCUT2D eigenvalue weighted by Crippen LogP contribution is -2.04. The molecule has 1 heterocycles. The van der Waals surface area contributed by atoms with Gasteiger partial charge in [0, 0.05) is 17.4 Å². The van der Waals surface area contributed by atoms with Gasteiger partial charge in [-0.2, -0.15) is 10.2 Å². The van der Waals surface area contributed by atoms with E-state index < -0.39 is 0 Å². The Balaban J connectivity index is 1.57. The van der Waals surface area contributed by atoms with Gasteiger partial charge in [-0.1, -0.05) is 23.9 Å². The number of benzene rings is 3. The highest BCUT2D eigenvalue weighted by Gasteiger charge is 2.09. The lowest BCUT2D eigenvalue weighted by Gasteiger charge is -2.06. The molecule has 8 heteroatoms. The van der Waals surface area contributed by atoms with Crippen LogP contribution in [0.25, 0.3) is 11.0 Å². The number of thioether (sulfide) groups is 1. The first-order chi connectivity index (χ1) is 15.7. The van der Waals surface area contributed by atoms with Gasteiger partial charge in [-0.25, -0.2) is 4.98 Å². The van der Waals surface area contributed by atoms with E-state index in [4.69, 9.17) is 9.47 Å². The lowest BCUT2D eigenvalue weighted by atomic mass is 10.1. The number of fused-ring (bicyclic) bond motifs is 1. The van der Waals surface area contributed by atoms with Crippen molar-refractivity contribution in [2.24, 2.45) is 10.2 Å². The fourth-order valence-electron chi connectivity index (χ4n) is 3.01. The zero-order valence-corrected chi connectivity index (χ0v) is 18.5. The van der Waals surface area contributed by atoms with Crippen molar-refractivity contribution >= 4 is 34.7 Å². The number of aromatic hydroxyl groups is 1. The number of phenols is 1. The number of hydrogen-bond donors (Lipinski definition) is 2. The van der Waals surface area contributed by atoms with Crippen LogP contribution in [0.4, 0.5) is 0 Å². The SMILES string of the molecule is COc1ccc(/C(CSc2nc3ccccc3[nH]2)=N/N=C/c2ccc(OC)cc2O)cc1. The predicted octanol–water partition coefficient (Wildman–Crippen LogP) is 4.90. The number of rotatable bonds is 8. The molecule has 0 aliphatic carbocycles. The van der Waals surface area contributed by atoms with Crippen LogP contribution in [-0.4, -0.2) is 47.0 Å². The van der Waals surface area contributed by atoms with E-state index >= 15 is 0 Å². The van der Waals surface area contributed by atoms with E-state index in [1.54, 1.807) is 38.1 Å². The molecule has 4 aromatic rings. The standard InChI is InChI=1S/C24H22N4O3S/c1-30-18-10-7-16(8-11-18)22(15-32-24-26-20-5-3-4-6-21(20)27-24)28-25-14-17-9-12-19(31-2)13-23(17)29/h3-14,29H,15H2,1-2H3,(H,26,27)/b25-14+,28-22+. The number of para-hydroxylation sites is 2. The minimum Gasteiger partial charge on any atom is -0.507 e. The number of aromatic amines is 1. The molecule has 32 heavy (non-hydrogen) atoms. The number of ether oxygens (including phenoxy) is 2. The zero-order valence-electron chi connectivity index (χ0n) is 17.6. The van der Waals surface area contributed by atoms with Crippen molar-refractivity contribution in [2.75, 3.05) is 20.0 Å². The number of nitrogens with one attached hydrogen (secondary N) is 1. The Morgan fingerprint density at radius 1 is 1.03 bits per heavy atom. The molecule has 2 N–H and O–H groups in total. The van der Waals surface area contributed by atoms with Crippen molar-refractivity contribution in [3.05, 3.63) is 77.9 Å². The van der Waals surface area contributed by atoms with Crippen molar-refractivity contribution in [3.8, 4) is 17.2 Å². The maximum atomic E-state index is 10.1. The Bertz CT molecular complexity index is 1230. The van der Waals surface area contributed by atoms with Crippen LogP contribution >= 0.6 is 11.8 Å². The van der Waals surface area contributed by atoms with Crippen LogP contribution in [0.15, 0.2) is 82.1 Å². The average Bonchev–Trinajstić information content (AvgIpc) is 3.25. The minimum absolute atomic E-state index is 0.0750. The summed E-state index contributed by atoms with van der Waals surface area (Å²) in [5.74, 6) is 1.97. The molecule has 0 fully saturated rings. The van der Waals surface area contributed by atoms with E-state index in [1.807, 2.05) is 48.5 Å². The van der Waals surface area contributed by atoms with Crippen LogP contribution in [0.5, 0.6) is 17.2 Å². The highest BCUT2D eigenvalue weighted by Crippen LogP contribution is 2.23. The number of phenolic OH excluding ortho intramolecular Hbond substituents is 1. The van der Waals surface area contributed by atoms with Crippen molar-refractivity contribution in [3.63, 3.8) is 0 Å². The fourth-order valence-corrected chi connectivity index (χ4v) is 3.85. The quantitative estimate of drug-likeness (QED) is 0.228. The molecule has 7 nitrogen and oxygen atoms in total. The summed E-state index contributed by atoms with van der Waals surface area (Å²) >= 11 is 1.54. The number of H-pyrrole nitrogens is 1. The summed E-state index contributed by atoms with van der Waals surface area (Å²) in [5.41, 5.74) is 4.15. The summed E-state index contributed by atoms with van der Waals surface area (Å²) in [7, 11) is 3.18. The molecule has 0 amide bonds. The minimum atomic E-state index is 0.0750. The van der Waals surface area contributed by atoms with Crippen LogP contribution < -0.4 is 9.47 Å². The van der Waals surface area contributed by atoms with Gasteiger partial charge in [-0.05, 0) is 54.1 Å². The van der Waals surface area contributed by atoms with Crippen LogP contribution in [0.2, 0.25) is 0 Å². The summed E-state index contributed by atoms with van der Waals surface area (Å²) in [4.78, 5) is 7.92. The van der Waals surface area contributed by atoms with E-state index in [0.717, 1.165) is 33.2 Å². The topological polar surface area (TPSA) is 92.1 Å². The van der Waals surface area contributed by atoms with Crippen LogP contribution in [0, 0.1) is 0 Å². The first kappa shape index (κ1) is 21.5. The number of aromatic nitrogens is 2. The van der Waals surface area contributed by atoms with Gasteiger partial charge in [0.2, 0.25) is 0 Å². The normalized spacial score (nSPS) is 11.9. The van der Waals surface area contributed by atoms with Gasteiger partial charge in [0.15, 0.2) is 5.16 Å².